The zero-order valence-electron chi connectivity index (χ0n) is 8.84. The molecule has 15 heavy (non-hydrogen) atoms. The molecule has 0 unspecified atom stereocenters. The van der Waals surface area contributed by atoms with Crippen LogP contribution in [0.4, 0.5) is 0 Å². The van der Waals surface area contributed by atoms with Crippen molar-refractivity contribution in [3.63, 3.8) is 0 Å². The van der Waals surface area contributed by atoms with Gasteiger partial charge in [-0.3, -0.25) is 0 Å². The minimum atomic E-state index is -3.22. The first-order valence-electron chi connectivity index (χ1n) is 4.50. The number of furan rings is 1. The summed E-state index contributed by atoms with van der Waals surface area (Å²) < 4.78 is 34.0. The molecule has 0 bridgehead atoms. The Bertz CT molecular complexity index is 371. The molecular formula is C9H15NO4S. The van der Waals surface area contributed by atoms with Crippen molar-refractivity contribution in [2.45, 2.75) is 6.54 Å². The van der Waals surface area contributed by atoms with Crippen molar-refractivity contribution in [3.05, 3.63) is 24.2 Å². The van der Waals surface area contributed by atoms with E-state index in [9.17, 15) is 8.42 Å². The molecule has 1 aromatic heterocycles. The summed E-state index contributed by atoms with van der Waals surface area (Å²) in [6.45, 7) is 0.943. The van der Waals surface area contributed by atoms with Gasteiger partial charge >= 0.3 is 0 Å². The standard InChI is InChI=1S/C9H15NO4S/c1-13-7-5-10(15(2,11)12)8-9-4-3-6-14-9/h3-4,6H,5,7-8H2,1-2H3. The van der Waals surface area contributed by atoms with Crippen LogP contribution in [0.25, 0.3) is 0 Å². The van der Waals surface area contributed by atoms with E-state index in [4.69, 9.17) is 9.15 Å². The lowest BCUT2D eigenvalue weighted by molar-refractivity contribution is 0.175. The molecule has 0 aliphatic rings. The summed E-state index contributed by atoms with van der Waals surface area (Å²) in [5.41, 5.74) is 0. The van der Waals surface area contributed by atoms with E-state index in [0.29, 0.717) is 18.9 Å². The molecule has 1 heterocycles. The normalized spacial score (nSPS) is 12.2. The minimum Gasteiger partial charge on any atom is -0.468 e. The molecule has 0 radical (unpaired) electrons. The summed E-state index contributed by atoms with van der Waals surface area (Å²) in [7, 11) is -1.68. The third-order valence-corrected chi connectivity index (χ3v) is 3.18. The molecule has 0 saturated heterocycles. The van der Waals surface area contributed by atoms with Gasteiger partial charge in [0.25, 0.3) is 0 Å². The third-order valence-electron chi connectivity index (χ3n) is 1.93. The van der Waals surface area contributed by atoms with Crippen LogP contribution in [0.3, 0.4) is 0 Å². The second-order valence-electron chi connectivity index (χ2n) is 3.17. The predicted octanol–water partition coefficient (Wildman–Crippen LogP) is 0.688. The summed E-state index contributed by atoms with van der Waals surface area (Å²) in [4.78, 5) is 0. The summed E-state index contributed by atoms with van der Waals surface area (Å²) in [6, 6.07) is 3.47. The van der Waals surface area contributed by atoms with E-state index >= 15 is 0 Å². The molecule has 0 aliphatic carbocycles. The van der Waals surface area contributed by atoms with Gasteiger partial charge in [-0.2, -0.15) is 4.31 Å². The first-order valence-corrected chi connectivity index (χ1v) is 6.35. The average Bonchev–Trinajstić information content (AvgIpc) is 2.62. The van der Waals surface area contributed by atoms with Crippen molar-refractivity contribution in [2.24, 2.45) is 0 Å². The molecule has 0 aliphatic heterocycles. The van der Waals surface area contributed by atoms with Gasteiger partial charge in [0.2, 0.25) is 10.0 Å². The van der Waals surface area contributed by atoms with Crippen LogP contribution in [0, 0.1) is 0 Å². The average molecular weight is 233 g/mol. The number of methoxy groups -OCH3 is 1. The predicted molar refractivity (Wildman–Crippen MR) is 55.8 cm³/mol. The molecule has 0 spiro atoms. The molecule has 0 atom stereocenters. The number of rotatable bonds is 6. The number of hydrogen-bond acceptors (Lipinski definition) is 4. The molecule has 0 amide bonds. The third kappa shape index (κ3) is 4.03. The largest absolute Gasteiger partial charge is 0.468 e. The SMILES string of the molecule is COCCN(Cc1ccco1)S(C)(=O)=O. The Balaban J connectivity index is 2.65. The highest BCUT2D eigenvalue weighted by atomic mass is 32.2. The Kier molecular flexibility index (Phi) is 4.31. The van der Waals surface area contributed by atoms with E-state index < -0.39 is 10.0 Å². The zero-order chi connectivity index (χ0) is 11.3. The fraction of sp³-hybridized carbons (Fsp3) is 0.556. The van der Waals surface area contributed by atoms with E-state index in [1.54, 1.807) is 12.1 Å². The van der Waals surface area contributed by atoms with Gasteiger partial charge < -0.3 is 9.15 Å². The van der Waals surface area contributed by atoms with Crippen LogP contribution < -0.4 is 0 Å². The van der Waals surface area contributed by atoms with Crippen molar-refractivity contribution in [3.8, 4) is 0 Å². The quantitative estimate of drug-likeness (QED) is 0.725. The maximum atomic E-state index is 11.4. The topological polar surface area (TPSA) is 59.8 Å². The highest BCUT2D eigenvalue weighted by Crippen LogP contribution is 2.08. The van der Waals surface area contributed by atoms with E-state index in [1.807, 2.05) is 0 Å². The Morgan fingerprint density at radius 3 is 2.73 bits per heavy atom. The van der Waals surface area contributed by atoms with Crippen molar-refractivity contribution in [2.75, 3.05) is 26.5 Å². The fourth-order valence-electron chi connectivity index (χ4n) is 1.13. The van der Waals surface area contributed by atoms with E-state index in [2.05, 4.69) is 0 Å². The zero-order valence-corrected chi connectivity index (χ0v) is 9.66. The lowest BCUT2D eigenvalue weighted by atomic mass is 10.4. The summed E-state index contributed by atoms with van der Waals surface area (Å²) in [5, 5.41) is 0. The second-order valence-corrected chi connectivity index (χ2v) is 5.15. The fourth-order valence-corrected chi connectivity index (χ4v) is 1.90. The molecule has 1 aromatic rings. The van der Waals surface area contributed by atoms with E-state index in [0.717, 1.165) is 0 Å². The maximum absolute atomic E-state index is 11.4. The lowest BCUT2D eigenvalue weighted by Gasteiger charge is -2.17. The van der Waals surface area contributed by atoms with Gasteiger partial charge in [0.1, 0.15) is 5.76 Å². The van der Waals surface area contributed by atoms with Crippen LogP contribution in [-0.4, -0.2) is 39.2 Å². The molecule has 86 valence electrons. The summed E-state index contributed by atoms with van der Waals surface area (Å²) >= 11 is 0. The van der Waals surface area contributed by atoms with Gasteiger partial charge in [0.05, 0.1) is 25.7 Å². The molecule has 0 saturated carbocycles. The van der Waals surface area contributed by atoms with Crippen LogP contribution in [-0.2, 0) is 21.3 Å². The smallest absolute Gasteiger partial charge is 0.211 e. The Morgan fingerprint density at radius 1 is 1.53 bits per heavy atom. The maximum Gasteiger partial charge on any atom is 0.211 e. The van der Waals surface area contributed by atoms with Gasteiger partial charge in [-0.15, -0.1) is 0 Å². The highest BCUT2D eigenvalue weighted by molar-refractivity contribution is 7.88. The Morgan fingerprint density at radius 2 is 2.27 bits per heavy atom. The lowest BCUT2D eigenvalue weighted by Crippen LogP contribution is -2.32. The number of nitrogens with zero attached hydrogens (tertiary/aromatic N) is 1. The van der Waals surface area contributed by atoms with Crippen molar-refractivity contribution in [1.29, 1.82) is 0 Å². The van der Waals surface area contributed by atoms with Crippen LogP contribution in [0.1, 0.15) is 5.76 Å². The number of sulfonamides is 1. The van der Waals surface area contributed by atoms with Gasteiger partial charge in [-0.05, 0) is 12.1 Å². The van der Waals surface area contributed by atoms with Crippen LogP contribution in [0.2, 0.25) is 0 Å². The Labute approximate surface area is 89.7 Å². The van der Waals surface area contributed by atoms with Crippen LogP contribution in [0.15, 0.2) is 22.8 Å². The van der Waals surface area contributed by atoms with Crippen molar-refractivity contribution in [1.82, 2.24) is 4.31 Å². The van der Waals surface area contributed by atoms with E-state index in [-0.39, 0.29) is 6.54 Å². The van der Waals surface area contributed by atoms with Gasteiger partial charge in [0.15, 0.2) is 0 Å². The molecular weight excluding hydrogens is 218 g/mol. The first-order chi connectivity index (χ1) is 7.04. The van der Waals surface area contributed by atoms with Crippen molar-refractivity contribution < 1.29 is 17.6 Å². The molecule has 0 aromatic carbocycles. The Hall–Kier alpha value is -0.850. The van der Waals surface area contributed by atoms with Crippen molar-refractivity contribution >= 4 is 10.0 Å². The summed E-state index contributed by atoms with van der Waals surface area (Å²) in [6.07, 6.45) is 2.69. The molecule has 6 heteroatoms. The highest BCUT2D eigenvalue weighted by Gasteiger charge is 2.17. The number of ether oxygens (including phenoxy) is 1. The molecule has 0 fully saturated rings. The molecule has 1 rings (SSSR count). The molecule has 0 N–H and O–H groups in total. The first kappa shape index (κ1) is 12.2. The minimum absolute atomic E-state index is 0.245. The number of hydrogen-bond donors (Lipinski definition) is 0. The molecule has 5 nitrogen and oxygen atoms in total. The monoisotopic (exact) mass is 233 g/mol. The van der Waals surface area contributed by atoms with Crippen LogP contribution >= 0.6 is 0 Å². The second kappa shape index (κ2) is 5.29. The summed E-state index contributed by atoms with van der Waals surface area (Å²) in [5.74, 6) is 0.622. The van der Waals surface area contributed by atoms with Gasteiger partial charge in [-0.25, -0.2) is 8.42 Å². The van der Waals surface area contributed by atoms with Gasteiger partial charge in [-0.1, -0.05) is 0 Å². The van der Waals surface area contributed by atoms with E-state index in [1.165, 1.54) is 23.9 Å². The van der Waals surface area contributed by atoms with Gasteiger partial charge in [0, 0.05) is 13.7 Å². The van der Waals surface area contributed by atoms with Crippen LogP contribution in [0.5, 0.6) is 0 Å².